The zero-order chi connectivity index (χ0) is 16.1. The van der Waals surface area contributed by atoms with Crippen molar-refractivity contribution >= 4 is 17.5 Å². The van der Waals surface area contributed by atoms with Crippen LogP contribution in [0.3, 0.4) is 0 Å². The SMILES string of the molecule is Cc1ccccc1CN(C)C(=O)COc1ccc(F)cc1Cl. The molecule has 0 atom stereocenters. The molecule has 0 aliphatic heterocycles. The van der Waals surface area contributed by atoms with Gasteiger partial charge in [0.05, 0.1) is 5.02 Å². The molecular formula is C17H17ClFNO2. The molecule has 0 heterocycles. The Morgan fingerprint density at radius 1 is 1.27 bits per heavy atom. The number of benzene rings is 2. The van der Waals surface area contributed by atoms with Gasteiger partial charge in [0.1, 0.15) is 11.6 Å². The van der Waals surface area contributed by atoms with Crippen LogP contribution in [-0.2, 0) is 11.3 Å². The number of likely N-dealkylation sites (N-methyl/N-ethyl adjacent to an activating group) is 1. The number of nitrogens with zero attached hydrogens (tertiary/aromatic N) is 1. The smallest absolute Gasteiger partial charge is 0.260 e. The summed E-state index contributed by atoms with van der Waals surface area (Å²) < 4.78 is 18.3. The lowest BCUT2D eigenvalue weighted by Gasteiger charge is -2.19. The van der Waals surface area contributed by atoms with Gasteiger partial charge in [-0.3, -0.25) is 4.79 Å². The lowest BCUT2D eigenvalue weighted by atomic mass is 10.1. The van der Waals surface area contributed by atoms with Crippen LogP contribution in [0.4, 0.5) is 4.39 Å². The van der Waals surface area contributed by atoms with Gasteiger partial charge in [0.25, 0.3) is 5.91 Å². The molecule has 0 fully saturated rings. The van der Waals surface area contributed by atoms with Crippen molar-refractivity contribution in [3.63, 3.8) is 0 Å². The Hall–Kier alpha value is -2.07. The first-order valence-electron chi connectivity index (χ1n) is 6.83. The van der Waals surface area contributed by atoms with E-state index in [9.17, 15) is 9.18 Å². The summed E-state index contributed by atoms with van der Waals surface area (Å²) >= 11 is 5.85. The van der Waals surface area contributed by atoms with E-state index >= 15 is 0 Å². The largest absolute Gasteiger partial charge is 0.482 e. The first kappa shape index (κ1) is 16.3. The third kappa shape index (κ3) is 4.21. The number of hydrogen-bond acceptors (Lipinski definition) is 2. The van der Waals surface area contributed by atoms with E-state index in [1.54, 1.807) is 11.9 Å². The van der Waals surface area contributed by atoms with E-state index < -0.39 is 5.82 Å². The normalized spacial score (nSPS) is 10.4. The fourth-order valence-corrected chi connectivity index (χ4v) is 2.19. The molecule has 1 amide bonds. The van der Waals surface area contributed by atoms with Crippen LogP contribution < -0.4 is 4.74 Å². The van der Waals surface area contributed by atoms with Crippen LogP contribution in [0.15, 0.2) is 42.5 Å². The molecule has 0 saturated carbocycles. The third-order valence-electron chi connectivity index (χ3n) is 3.34. The molecule has 2 aromatic carbocycles. The molecule has 22 heavy (non-hydrogen) atoms. The van der Waals surface area contributed by atoms with Crippen molar-refractivity contribution in [3.05, 3.63) is 64.4 Å². The summed E-state index contributed by atoms with van der Waals surface area (Å²) in [6, 6.07) is 11.7. The Bertz CT molecular complexity index is 675. The van der Waals surface area contributed by atoms with Gasteiger partial charge in [-0.05, 0) is 36.2 Å². The van der Waals surface area contributed by atoms with Gasteiger partial charge in [0.2, 0.25) is 0 Å². The molecule has 2 aromatic rings. The standard InChI is InChI=1S/C17H17ClFNO2/c1-12-5-3-4-6-13(12)10-20(2)17(21)11-22-16-8-7-14(19)9-15(16)18/h3-9H,10-11H2,1-2H3. The zero-order valence-corrected chi connectivity index (χ0v) is 13.2. The van der Waals surface area contributed by atoms with Gasteiger partial charge in [-0.1, -0.05) is 35.9 Å². The first-order valence-corrected chi connectivity index (χ1v) is 7.21. The summed E-state index contributed by atoms with van der Waals surface area (Å²) in [7, 11) is 1.71. The van der Waals surface area contributed by atoms with Crippen molar-refractivity contribution in [2.45, 2.75) is 13.5 Å². The Balaban J connectivity index is 1.93. The fraction of sp³-hybridized carbons (Fsp3) is 0.235. The summed E-state index contributed by atoms with van der Waals surface area (Å²) in [4.78, 5) is 13.7. The van der Waals surface area contributed by atoms with E-state index in [1.807, 2.05) is 31.2 Å². The molecule has 0 spiro atoms. The van der Waals surface area contributed by atoms with E-state index in [-0.39, 0.29) is 17.5 Å². The van der Waals surface area contributed by atoms with Gasteiger partial charge < -0.3 is 9.64 Å². The number of amides is 1. The molecule has 0 bridgehead atoms. The molecule has 0 aliphatic rings. The van der Waals surface area contributed by atoms with Gasteiger partial charge in [0.15, 0.2) is 6.61 Å². The third-order valence-corrected chi connectivity index (χ3v) is 3.63. The van der Waals surface area contributed by atoms with Gasteiger partial charge >= 0.3 is 0 Å². The number of ether oxygens (including phenoxy) is 1. The number of hydrogen-bond donors (Lipinski definition) is 0. The number of rotatable bonds is 5. The van der Waals surface area contributed by atoms with Crippen LogP contribution in [0.25, 0.3) is 0 Å². The van der Waals surface area contributed by atoms with Gasteiger partial charge in [-0.15, -0.1) is 0 Å². The fourth-order valence-electron chi connectivity index (χ4n) is 1.97. The predicted molar refractivity (Wildman–Crippen MR) is 84.6 cm³/mol. The van der Waals surface area contributed by atoms with Crippen molar-refractivity contribution < 1.29 is 13.9 Å². The lowest BCUT2D eigenvalue weighted by molar-refractivity contribution is -0.132. The average Bonchev–Trinajstić information content (AvgIpc) is 2.48. The highest BCUT2D eigenvalue weighted by Gasteiger charge is 2.12. The molecule has 0 saturated heterocycles. The predicted octanol–water partition coefficient (Wildman–Crippen LogP) is 3.82. The summed E-state index contributed by atoms with van der Waals surface area (Å²) in [6.07, 6.45) is 0. The van der Waals surface area contributed by atoms with Crippen molar-refractivity contribution in [1.29, 1.82) is 0 Å². The molecule has 116 valence electrons. The maximum atomic E-state index is 12.9. The van der Waals surface area contributed by atoms with Crippen molar-refractivity contribution in [2.24, 2.45) is 0 Å². The summed E-state index contributed by atoms with van der Waals surface area (Å²) in [6.45, 7) is 2.36. The molecule has 0 unspecified atom stereocenters. The van der Waals surface area contributed by atoms with E-state index in [0.29, 0.717) is 12.3 Å². The van der Waals surface area contributed by atoms with Gasteiger partial charge in [-0.2, -0.15) is 0 Å². The monoisotopic (exact) mass is 321 g/mol. The van der Waals surface area contributed by atoms with Crippen LogP contribution in [0.1, 0.15) is 11.1 Å². The van der Waals surface area contributed by atoms with Gasteiger partial charge in [0, 0.05) is 13.6 Å². The van der Waals surface area contributed by atoms with Crippen molar-refractivity contribution in [1.82, 2.24) is 4.90 Å². The summed E-state index contributed by atoms with van der Waals surface area (Å²) in [5.74, 6) is -0.329. The van der Waals surface area contributed by atoms with E-state index in [1.165, 1.54) is 12.1 Å². The lowest BCUT2D eigenvalue weighted by Crippen LogP contribution is -2.31. The molecule has 2 rings (SSSR count). The summed E-state index contributed by atoms with van der Waals surface area (Å²) in [5, 5.41) is 0.148. The minimum atomic E-state index is -0.444. The quantitative estimate of drug-likeness (QED) is 0.837. The minimum Gasteiger partial charge on any atom is -0.482 e. The first-order chi connectivity index (χ1) is 10.5. The highest BCUT2D eigenvalue weighted by atomic mass is 35.5. The molecule has 0 aliphatic carbocycles. The second-order valence-corrected chi connectivity index (χ2v) is 5.45. The van der Waals surface area contributed by atoms with E-state index in [2.05, 4.69) is 0 Å². The number of carbonyl (C=O) groups is 1. The van der Waals surface area contributed by atoms with Crippen molar-refractivity contribution in [3.8, 4) is 5.75 Å². The average molecular weight is 322 g/mol. The van der Waals surface area contributed by atoms with Crippen molar-refractivity contribution in [2.75, 3.05) is 13.7 Å². The molecule has 5 heteroatoms. The van der Waals surface area contributed by atoms with Crippen LogP contribution in [0.2, 0.25) is 5.02 Å². The van der Waals surface area contributed by atoms with Crippen LogP contribution in [0.5, 0.6) is 5.75 Å². The Morgan fingerprint density at radius 3 is 2.68 bits per heavy atom. The number of halogens is 2. The van der Waals surface area contributed by atoms with E-state index in [4.69, 9.17) is 16.3 Å². The van der Waals surface area contributed by atoms with Crippen LogP contribution in [0, 0.1) is 12.7 Å². The van der Waals surface area contributed by atoms with E-state index in [0.717, 1.165) is 17.2 Å². The summed E-state index contributed by atoms with van der Waals surface area (Å²) in [5.41, 5.74) is 2.21. The molecule has 0 radical (unpaired) electrons. The topological polar surface area (TPSA) is 29.5 Å². The molecular weight excluding hydrogens is 305 g/mol. The zero-order valence-electron chi connectivity index (χ0n) is 12.5. The maximum Gasteiger partial charge on any atom is 0.260 e. The number of aryl methyl sites for hydroxylation is 1. The highest BCUT2D eigenvalue weighted by Crippen LogP contribution is 2.24. The Kier molecular flexibility index (Phi) is 5.39. The van der Waals surface area contributed by atoms with Crippen LogP contribution in [-0.4, -0.2) is 24.5 Å². The Morgan fingerprint density at radius 2 is 2.00 bits per heavy atom. The van der Waals surface area contributed by atoms with Gasteiger partial charge in [-0.25, -0.2) is 4.39 Å². The second kappa shape index (κ2) is 7.27. The minimum absolute atomic E-state index is 0.145. The second-order valence-electron chi connectivity index (χ2n) is 5.04. The Labute approximate surface area is 134 Å². The molecule has 0 N–H and O–H groups in total. The molecule has 0 aromatic heterocycles. The highest BCUT2D eigenvalue weighted by molar-refractivity contribution is 6.32. The molecule has 3 nitrogen and oxygen atoms in total. The maximum absolute atomic E-state index is 12.9. The van der Waals surface area contributed by atoms with Crippen LogP contribution >= 0.6 is 11.6 Å². The number of carbonyl (C=O) groups excluding carboxylic acids is 1.